The van der Waals surface area contributed by atoms with Gasteiger partial charge in [0.1, 0.15) is 11.5 Å². The first kappa shape index (κ1) is 17.8. The molecule has 28 heavy (non-hydrogen) atoms. The van der Waals surface area contributed by atoms with Gasteiger partial charge < -0.3 is 5.32 Å². The van der Waals surface area contributed by atoms with Crippen molar-refractivity contribution >= 4 is 22.5 Å². The molecule has 0 saturated heterocycles. The molecular formula is C20H18FN5O2. The number of carbonyl (C=O) groups excluding carboxylic acids is 1. The van der Waals surface area contributed by atoms with Gasteiger partial charge in [-0.3, -0.25) is 9.59 Å². The SMILES string of the molecule is CCCCNC(=O)c1ccc2c(=O)nc3c(-c4ccccc4F)n[nH]n3c2c1. The lowest BCUT2D eigenvalue weighted by atomic mass is 10.1. The van der Waals surface area contributed by atoms with E-state index in [1.165, 1.54) is 10.6 Å². The van der Waals surface area contributed by atoms with Crippen LogP contribution in [0.1, 0.15) is 30.1 Å². The Morgan fingerprint density at radius 3 is 2.86 bits per heavy atom. The second-order valence-corrected chi connectivity index (χ2v) is 6.46. The van der Waals surface area contributed by atoms with Crippen molar-refractivity contribution in [3.8, 4) is 11.3 Å². The highest BCUT2D eigenvalue weighted by atomic mass is 19.1. The van der Waals surface area contributed by atoms with Crippen molar-refractivity contribution in [3.05, 3.63) is 64.2 Å². The number of unbranched alkanes of at least 4 members (excludes halogenated alkanes) is 1. The van der Waals surface area contributed by atoms with Crippen LogP contribution < -0.4 is 10.9 Å². The van der Waals surface area contributed by atoms with Crippen LogP contribution in [0, 0.1) is 5.82 Å². The molecule has 0 atom stereocenters. The fourth-order valence-electron chi connectivity index (χ4n) is 3.08. The van der Waals surface area contributed by atoms with Crippen molar-refractivity contribution in [2.24, 2.45) is 0 Å². The summed E-state index contributed by atoms with van der Waals surface area (Å²) in [5, 5.41) is 10.1. The maximum Gasteiger partial charge on any atom is 0.281 e. The third kappa shape index (κ3) is 3.02. The molecule has 0 aliphatic heterocycles. The highest BCUT2D eigenvalue weighted by Gasteiger charge is 2.17. The normalized spacial score (nSPS) is 11.2. The second kappa shape index (κ2) is 7.22. The quantitative estimate of drug-likeness (QED) is 0.522. The standard InChI is InChI=1S/C20H18FN5O2/c1-2-3-10-22-19(27)12-8-9-14-16(11-12)26-18(23-20(14)28)17(24-25-26)13-6-4-5-7-15(13)21/h4-9,11,25H,2-3,10H2,1H3,(H,22,27). The molecule has 8 heteroatoms. The van der Waals surface area contributed by atoms with Crippen molar-refractivity contribution in [2.45, 2.75) is 19.8 Å². The van der Waals surface area contributed by atoms with Gasteiger partial charge in [-0.15, -0.1) is 0 Å². The van der Waals surface area contributed by atoms with Crippen molar-refractivity contribution in [1.82, 2.24) is 25.1 Å². The Labute approximate surface area is 159 Å². The molecule has 0 radical (unpaired) electrons. The van der Waals surface area contributed by atoms with Crippen LogP contribution in [0.5, 0.6) is 0 Å². The van der Waals surface area contributed by atoms with E-state index in [4.69, 9.17) is 0 Å². The van der Waals surface area contributed by atoms with Crippen molar-refractivity contribution < 1.29 is 9.18 Å². The van der Waals surface area contributed by atoms with E-state index in [0.717, 1.165) is 12.8 Å². The van der Waals surface area contributed by atoms with Crippen LogP contribution in [0.25, 0.3) is 27.8 Å². The zero-order valence-corrected chi connectivity index (χ0v) is 15.2. The number of benzene rings is 2. The van der Waals surface area contributed by atoms with Crippen LogP contribution >= 0.6 is 0 Å². The summed E-state index contributed by atoms with van der Waals surface area (Å²) in [6.07, 6.45) is 1.87. The average molecular weight is 379 g/mol. The number of halogens is 1. The molecule has 0 unspecified atom stereocenters. The number of rotatable bonds is 5. The first-order chi connectivity index (χ1) is 13.6. The Balaban J connectivity index is 1.87. The molecule has 2 aromatic heterocycles. The Morgan fingerprint density at radius 1 is 1.25 bits per heavy atom. The first-order valence-electron chi connectivity index (χ1n) is 9.04. The largest absolute Gasteiger partial charge is 0.352 e. The summed E-state index contributed by atoms with van der Waals surface area (Å²) in [5.74, 6) is -0.683. The van der Waals surface area contributed by atoms with E-state index >= 15 is 0 Å². The van der Waals surface area contributed by atoms with Gasteiger partial charge in [0.15, 0.2) is 5.65 Å². The molecule has 4 rings (SSSR count). The number of aromatic nitrogens is 4. The number of fused-ring (bicyclic) bond motifs is 3. The van der Waals surface area contributed by atoms with Gasteiger partial charge in [0.05, 0.1) is 10.9 Å². The lowest BCUT2D eigenvalue weighted by Gasteiger charge is -2.06. The summed E-state index contributed by atoms with van der Waals surface area (Å²) in [6.45, 7) is 2.63. The monoisotopic (exact) mass is 379 g/mol. The molecule has 0 fully saturated rings. The summed E-state index contributed by atoms with van der Waals surface area (Å²) in [7, 11) is 0. The van der Waals surface area contributed by atoms with Gasteiger partial charge in [-0.1, -0.05) is 25.5 Å². The highest BCUT2D eigenvalue weighted by molar-refractivity contribution is 5.98. The molecule has 2 aromatic carbocycles. The lowest BCUT2D eigenvalue weighted by Crippen LogP contribution is -2.24. The van der Waals surface area contributed by atoms with Crippen LogP contribution in [0.3, 0.4) is 0 Å². The number of H-pyrrole nitrogens is 1. The minimum absolute atomic E-state index is 0.200. The number of nitrogens with zero attached hydrogens (tertiary/aromatic N) is 3. The van der Waals surface area contributed by atoms with Crippen molar-refractivity contribution in [1.29, 1.82) is 0 Å². The summed E-state index contributed by atoms with van der Waals surface area (Å²) in [4.78, 5) is 28.9. The van der Waals surface area contributed by atoms with Gasteiger partial charge in [-0.05, 0) is 36.8 Å². The molecule has 142 valence electrons. The van der Waals surface area contributed by atoms with Crippen LogP contribution in [0.4, 0.5) is 4.39 Å². The molecule has 2 N–H and O–H groups in total. The van der Waals surface area contributed by atoms with Crippen molar-refractivity contribution in [3.63, 3.8) is 0 Å². The predicted molar refractivity (Wildman–Crippen MR) is 104 cm³/mol. The molecule has 0 aliphatic carbocycles. The van der Waals surface area contributed by atoms with E-state index in [9.17, 15) is 14.0 Å². The zero-order valence-electron chi connectivity index (χ0n) is 15.2. The van der Waals surface area contributed by atoms with E-state index in [1.54, 1.807) is 36.4 Å². The minimum Gasteiger partial charge on any atom is -0.352 e. The second-order valence-electron chi connectivity index (χ2n) is 6.46. The number of hydrogen-bond acceptors (Lipinski definition) is 4. The van der Waals surface area contributed by atoms with Gasteiger partial charge >= 0.3 is 0 Å². The van der Waals surface area contributed by atoms with Gasteiger partial charge in [0.25, 0.3) is 11.5 Å². The summed E-state index contributed by atoms with van der Waals surface area (Å²) < 4.78 is 15.7. The summed E-state index contributed by atoms with van der Waals surface area (Å²) in [5.41, 5.74) is 1.08. The Bertz CT molecular complexity index is 1240. The van der Waals surface area contributed by atoms with Crippen LogP contribution in [-0.2, 0) is 0 Å². The molecule has 4 aromatic rings. The number of aromatic amines is 1. The van der Waals surface area contributed by atoms with E-state index in [-0.39, 0.29) is 22.8 Å². The Kier molecular flexibility index (Phi) is 4.60. The topological polar surface area (TPSA) is 92.2 Å². The van der Waals surface area contributed by atoms with E-state index < -0.39 is 11.4 Å². The van der Waals surface area contributed by atoms with Gasteiger partial charge in [-0.2, -0.15) is 10.1 Å². The fraction of sp³-hybridized carbons (Fsp3) is 0.200. The van der Waals surface area contributed by atoms with Gasteiger partial charge in [0.2, 0.25) is 0 Å². The van der Waals surface area contributed by atoms with Crippen LogP contribution in [-0.4, -0.2) is 32.3 Å². The number of carbonyl (C=O) groups is 1. The molecule has 7 nitrogen and oxygen atoms in total. The van der Waals surface area contributed by atoms with Crippen molar-refractivity contribution in [2.75, 3.05) is 6.54 Å². The molecule has 1 amide bonds. The maximum atomic E-state index is 14.2. The fourth-order valence-corrected chi connectivity index (χ4v) is 3.08. The van der Waals surface area contributed by atoms with Gasteiger partial charge in [0, 0.05) is 17.7 Å². The molecule has 0 aliphatic rings. The summed E-state index contributed by atoms with van der Waals surface area (Å²) in [6, 6.07) is 10.9. The Hall–Kier alpha value is -3.55. The highest BCUT2D eigenvalue weighted by Crippen LogP contribution is 2.25. The summed E-state index contributed by atoms with van der Waals surface area (Å²) >= 11 is 0. The van der Waals surface area contributed by atoms with E-state index in [1.807, 2.05) is 6.92 Å². The van der Waals surface area contributed by atoms with Crippen LogP contribution in [0.15, 0.2) is 47.3 Å². The number of nitrogens with one attached hydrogen (secondary N) is 2. The first-order valence-corrected chi connectivity index (χ1v) is 9.04. The molecule has 0 spiro atoms. The molecule has 2 heterocycles. The smallest absolute Gasteiger partial charge is 0.281 e. The molecule has 0 saturated carbocycles. The lowest BCUT2D eigenvalue weighted by molar-refractivity contribution is 0.0953. The van der Waals surface area contributed by atoms with E-state index in [2.05, 4.69) is 20.6 Å². The number of amides is 1. The molecule has 0 bridgehead atoms. The minimum atomic E-state index is -0.466. The van der Waals surface area contributed by atoms with Crippen LogP contribution in [0.2, 0.25) is 0 Å². The zero-order chi connectivity index (χ0) is 19.7. The third-order valence-electron chi connectivity index (χ3n) is 4.57. The maximum absolute atomic E-state index is 14.2. The third-order valence-corrected chi connectivity index (χ3v) is 4.57. The molecular weight excluding hydrogens is 361 g/mol. The number of hydrogen-bond donors (Lipinski definition) is 2. The average Bonchev–Trinajstić information content (AvgIpc) is 3.12. The van der Waals surface area contributed by atoms with Gasteiger partial charge in [-0.25, -0.2) is 14.1 Å². The predicted octanol–water partition coefficient (Wildman–Crippen LogP) is 2.91. The Morgan fingerprint density at radius 2 is 2.07 bits per heavy atom. The van der Waals surface area contributed by atoms with E-state index in [0.29, 0.717) is 23.0 Å².